The van der Waals surface area contributed by atoms with Crippen LogP contribution in [0.15, 0.2) is 18.2 Å². The number of nitrogens with two attached hydrogens (primary N) is 1. The first-order valence-corrected chi connectivity index (χ1v) is 5.67. The maximum absolute atomic E-state index is 13.0. The van der Waals surface area contributed by atoms with Crippen LogP contribution >= 0.6 is 0 Å². The second-order valence-corrected chi connectivity index (χ2v) is 4.93. The van der Waals surface area contributed by atoms with E-state index in [2.05, 4.69) is 0 Å². The van der Waals surface area contributed by atoms with Crippen LogP contribution < -0.4 is 5.73 Å². The topological polar surface area (TPSA) is 43.1 Å². The van der Waals surface area contributed by atoms with Crippen LogP contribution in [0.1, 0.15) is 25.3 Å². The summed E-state index contributed by atoms with van der Waals surface area (Å²) >= 11 is 0. The molecule has 0 radical (unpaired) electrons. The molecule has 1 aromatic carbocycles. The van der Waals surface area contributed by atoms with Gasteiger partial charge in [0.05, 0.1) is 5.54 Å². The summed E-state index contributed by atoms with van der Waals surface area (Å²) in [6.45, 7) is 1.70. The highest BCUT2D eigenvalue weighted by Crippen LogP contribution is 2.38. The van der Waals surface area contributed by atoms with Gasteiger partial charge in [0.25, 0.3) is 0 Å². The maximum Gasteiger partial charge on any atom is 0.156 e. The van der Waals surface area contributed by atoms with Gasteiger partial charge in [0.2, 0.25) is 0 Å². The smallest absolute Gasteiger partial charge is 0.156 e. The van der Waals surface area contributed by atoms with E-state index >= 15 is 0 Å². The molecule has 2 rings (SSSR count). The molecule has 1 aromatic rings. The molecule has 4 heteroatoms. The third-order valence-corrected chi connectivity index (χ3v) is 3.31. The molecule has 1 aliphatic carbocycles. The first-order valence-electron chi connectivity index (χ1n) is 5.67. The molecule has 0 aromatic heterocycles. The van der Waals surface area contributed by atoms with Gasteiger partial charge in [0.15, 0.2) is 5.78 Å². The first-order chi connectivity index (χ1) is 7.89. The minimum atomic E-state index is -0.872. The van der Waals surface area contributed by atoms with Gasteiger partial charge in [-0.05, 0) is 43.4 Å². The van der Waals surface area contributed by atoms with Crippen molar-refractivity contribution in [3.63, 3.8) is 0 Å². The van der Waals surface area contributed by atoms with Crippen molar-refractivity contribution in [1.29, 1.82) is 0 Å². The van der Waals surface area contributed by atoms with Crippen LogP contribution in [-0.2, 0) is 11.2 Å². The van der Waals surface area contributed by atoms with E-state index in [1.54, 1.807) is 6.92 Å². The van der Waals surface area contributed by atoms with Crippen LogP contribution in [0.4, 0.5) is 8.78 Å². The average Bonchev–Trinajstić information content (AvgIpc) is 2.98. The molecule has 0 saturated heterocycles. The van der Waals surface area contributed by atoms with E-state index in [9.17, 15) is 13.6 Å². The van der Waals surface area contributed by atoms with Gasteiger partial charge in [-0.25, -0.2) is 8.78 Å². The number of Topliss-reactive ketones (excluding diaryl/α,β-unsaturated/α-hetero) is 1. The number of ketones is 1. The van der Waals surface area contributed by atoms with Gasteiger partial charge < -0.3 is 5.73 Å². The number of hydrogen-bond donors (Lipinski definition) is 1. The largest absolute Gasteiger partial charge is 0.319 e. The molecular formula is C13H15F2NO. The third kappa shape index (κ3) is 2.69. The van der Waals surface area contributed by atoms with Crippen molar-refractivity contribution in [2.24, 2.45) is 11.7 Å². The van der Waals surface area contributed by atoms with Gasteiger partial charge in [-0.1, -0.05) is 0 Å². The summed E-state index contributed by atoms with van der Waals surface area (Å²) in [5.41, 5.74) is 5.42. The number of halogens is 2. The van der Waals surface area contributed by atoms with Crippen molar-refractivity contribution in [3.8, 4) is 0 Å². The quantitative estimate of drug-likeness (QED) is 0.875. The Labute approximate surface area is 98.8 Å². The first kappa shape index (κ1) is 12.2. The van der Waals surface area contributed by atoms with Crippen molar-refractivity contribution in [3.05, 3.63) is 35.4 Å². The van der Waals surface area contributed by atoms with Crippen LogP contribution in [0.5, 0.6) is 0 Å². The summed E-state index contributed by atoms with van der Waals surface area (Å²) in [5.74, 6) is -1.28. The Morgan fingerprint density at radius 2 is 1.88 bits per heavy atom. The Hall–Kier alpha value is -1.29. The molecular weight excluding hydrogens is 224 g/mol. The van der Waals surface area contributed by atoms with Crippen molar-refractivity contribution in [2.45, 2.75) is 31.7 Å². The van der Waals surface area contributed by atoms with Crippen LogP contribution in [0.2, 0.25) is 0 Å². The molecule has 1 atom stereocenters. The molecule has 2 nitrogen and oxygen atoms in total. The predicted molar refractivity (Wildman–Crippen MR) is 60.4 cm³/mol. The Morgan fingerprint density at radius 3 is 2.35 bits per heavy atom. The van der Waals surface area contributed by atoms with Gasteiger partial charge in [-0.2, -0.15) is 0 Å². The van der Waals surface area contributed by atoms with E-state index in [1.807, 2.05) is 0 Å². The highest BCUT2D eigenvalue weighted by Gasteiger charge is 2.43. The standard InChI is InChI=1S/C13H15F2NO/c1-13(16,9-2-3-9)12(17)6-8-4-10(14)7-11(15)5-8/h4-5,7,9H,2-3,6,16H2,1H3. The summed E-state index contributed by atoms with van der Waals surface area (Å²) in [4.78, 5) is 12.0. The second kappa shape index (κ2) is 4.18. The molecule has 2 N–H and O–H groups in total. The summed E-state index contributed by atoms with van der Waals surface area (Å²) in [5, 5.41) is 0. The van der Waals surface area contributed by atoms with E-state index in [0.717, 1.165) is 18.9 Å². The van der Waals surface area contributed by atoms with Gasteiger partial charge >= 0.3 is 0 Å². The Morgan fingerprint density at radius 1 is 1.35 bits per heavy atom. The molecule has 1 fully saturated rings. The lowest BCUT2D eigenvalue weighted by atomic mass is 9.88. The van der Waals surface area contributed by atoms with E-state index < -0.39 is 17.2 Å². The summed E-state index contributed by atoms with van der Waals surface area (Å²) in [6.07, 6.45) is 1.89. The van der Waals surface area contributed by atoms with Crippen molar-refractivity contribution in [1.82, 2.24) is 0 Å². The highest BCUT2D eigenvalue weighted by atomic mass is 19.1. The molecule has 0 amide bonds. The molecule has 1 unspecified atom stereocenters. The predicted octanol–water partition coefficient (Wildman–Crippen LogP) is 2.20. The van der Waals surface area contributed by atoms with Crippen LogP contribution in [0, 0.1) is 17.6 Å². The normalized spacial score (nSPS) is 18.8. The Balaban J connectivity index is 2.12. The van der Waals surface area contributed by atoms with E-state index in [0.29, 0.717) is 5.56 Å². The van der Waals surface area contributed by atoms with E-state index in [4.69, 9.17) is 5.73 Å². The summed E-state index contributed by atoms with van der Waals surface area (Å²) in [6, 6.07) is 3.13. The Bertz CT molecular complexity index is 432. The Kier molecular flexibility index (Phi) is 3.00. The second-order valence-electron chi connectivity index (χ2n) is 4.93. The minimum Gasteiger partial charge on any atom is -0.319 e. The van der Waals surface area contributed by atoms with Crippen LogP contribution in [0.25, 0.3) is 0 Å². The van der Waals surface area contributed by atoms with Crippen molar-refractivity contribution >= 4 is 5.78 Å². The summed E-state index contributed by atoms with van der Waals surface area (Å²) in [7, 11) is 0. The molecule has 17 heavy (non-hydrogen) atoms. The van der Waals surface area contributed by atoms with Gasteiger partial charge in [-0.3, -0.25) is 4.79 Å². The molecule has 92 valence electrons. The number of carbonyl (C=O) groups excluding carboxylic acids is 1. The lowest BCUT2D eigenvalue weighted by molar-refractivity contribution is -0.123. The SMILES string of the molecule is CC(N)(C(=O)Cc1cc(F)cc(F)c1)C1CC1. The monoisotopic (exact) mass is 239 g/mol. The van der Waals surface area contributed by atoms with Crippen LogP contribution in [-0.4, -0.2) is 11.3 Å². The molecule has 1 saturated carbocycles. The fourth-order valence-electron chi connectivity index (χ4n) is 2.00. The summed E-state index contributed by atoms with van der Waals surface area (Å²) < 4.78 is 25.9. The molecule has 0 aliphatic heterocycles. The zero-order valence-corrected chi connectivity index (χ0v) is 9.67. The zero-order chi connectivity index (χ0) is 12.6. The van der Waals surface area contributed by atoms with E-state index in [-0.39, 0.29) is 18.1 Å². The number of benzene rings is 1. The van der Waals surface area contributed by atoms with Crippen LogP contribution in [0.3, 0.4) is 0 Å². The lowest BCUT2D eigenvalue weighted by Crippen LogP contribution is -2.47. The minimum absolute atomic E-state index is 0.0157. The number of carbonyl (C=O) groups is 1. The maximum atomic E-state index is 13.0. The fourth-order valence-corrected chi connectivity index (χ4v) is 2.00. The van der Waals surface area contributed by atoms with Gasteiger partial charge in [0, 0.05) is 12.5 Å². The van der Waals surface area contributed by atoms with Gasteiger partial charge in [0.1, 0.15) is 11.6 Å². The molecule has 0 spiro atoms. The highest BCUT2D eigenvalue weighted by molar-refractivity contribution is 5.90. The fraction of sp³-hybridized carbons (Fsp3) is 0.462. The van der Waals surface area contributed by atoms with E-state index in [1.165, 1.54) is 12.1 Å². The van der Waals surface area contributed by atoms with Crippen molar-refractivity contribution < 1.29 is 13.6 Å². The molecule has 0 bridgehead atoms. The molecule has 1 aliphatic rings. The average molecular weight is 239 g/mol. The zero-order valence-electron chi connectivity index (χ0n) is 9.67. The number of rotatable bonds is 4. The van der Waals surface area contributed by atoms with Gasteiger partial charge in [-0.15, -0.1) is 0 Å². The third-order valence-electron chi connectivity index (χ3n) is 3.31. The molecule has 0 heterocycles. The lowest BCUT2D eigenvalue weighted by Gasteiger charge is -2.22. The van der Waals surface area contributed by atoms with Crippen molar-refractivity contribution in [2.75, 3.05) is 0 Å². The number of hydrogen-bond acceptors (Lipinski definition) is 2.